The summed E-state index contributed by atoms with van der Waals surface area (Å²) in [6.07, 6.45) is 0.534. The minimum atomic E-state index is -1.47. The number of ether oxygens (including phenoxy) is 1. The summed E-state index contributed by atoms with van der Waals surface area (Å²) in [5.74, 6) is -5.74. The first-order chi connectivity index (χ1) is 28.5. The first kappa shape index (κ1) is 51.9. The Morgan fingerprint density at radius 2 is 1.02 bits per heavy atom. The molecule has 8 atom stereocenters. The second kappa shape index (κ2) is 24.9. The van der Waals surface area contributed by atoms with Crippen LogP contribution in [0, 0.1) is 23.7 Å². The van der Waals surface area contributed by atoms with Crippen LogP contribution in [0.2, 0.25) is 0 Å². The second-order valence-corrected chi connectivity index (χ2v) is 17.9. The molecular formula is C44H71N7O10. The number of nitrogens with one attached hydrogen (secondary N) is 7. The van der Waals surface area contributed by atoms with Gasteiger partial charge < -0.3 is 47.1 Å². The van der Waals surface area contributed by atoms with E-state index in [1.165, 1.54) is 32.9 Å². The molecule has 61 heavy (non-hydrogen) atoms. The van der Waals surface area contributed by atoms with Crippen molar-refractivity contribution in [2.45, 2.75) is 170 Å². The fraction of sp³-hybridized carbons (Fsp3) is 0.682. The van der Waals surface area contributed by atoms with Gasteiger partial charge in [0.05, 0.1) is 0 Å². The lowest BCUT2D eigenvalue weighted by molar-refractivity contribution is -0.155. The molecule has 2 rings (SSSR count). The van der Waals surface area contributed by atoms with Crippen molar-refractivity contribution in [2.24, 2.45) is 23.7 Å². The standard InChI is InChI=1S/C44H71N7O10/c1-23(2)13-12-14-36(53)51-37-29(11)61-44(60)28(10)46-39(55)32(19-24(3)4)48-40(56)33(20-25(5)6)49-41(57)34(21-26(7)8)50-42(58)35(22-30-15-17-31(52)18-16-30)47-38(54)27(9)45-43(37)59/h15-18,23-29,32-35,37,52H,12-14,19-22H2,1-11H3,(H,45,59)(H,46,55)(H,47,54)(H,48,56)(H,49,57)(H,50,58)(H,51,53)/t27-,28-,29+,32-,33+,34+,35-,37?/m0/s1. The molecule has 1 aromatic rings. The predicted molar refractivity (Wildman–Crippen MR) is 229 cm³/mol. The maximum atomic E-state index is 14.1. The Hall–Kier alpha value is -5.22. The Kier molecular flexibility index (Phi) is 21.2. The number of phenolic OH excluding ortho intramolecular Hbond substituents is 1. The number of carbonyl (C=O) groups excluding carboxylic acids is 8. The smallest absolute Gasteiger partial charge is 0.328 e. The number of esters is 1. The minimum Gasteiger partial charge on any atom is -0.508 e. The van der Waals surface area contributed by atoms with Crippen LogP contribution in [0.3, 0.4) is 0 Å². The molecule has 1 aliphatic heterocycles. The number of aromatic hydroxyl groups is 1. The van der Waals surface area contributed by atoms with Crippen molar-refractivity contribution >= 4 is 47.3 Å². The molecule has 1 fully saturated rings. The SMILES string of the molecule is CC(C)CCCC(=O)NC1C(=O)N[C@@H](C)C(=O)N[C@@H](Cc2ccc(O)cc2)C(=O)N[C@H](CC(C)C)C(=O)N[C@H](CC(C)C)C(=O)N[C@@H](CC(C)C)C(=O)N[C@@H](C)C(=O)O[C@@H]1C. The van der Waals surface area contributed by atoms with E-state index in [1.54, 1.807) is 12.1 Å². The number of phenols is 1. The van der Waals surface area contributed by atoms with Crippen LogP contribution in [0.4, 0.5) is 0 Å². The summed E-state index contributed by atoms with van der Waals surface area (Å²) in [5, 5.41) is 28.6. The highest BCUT2D eigenvalue weighted by molar-refractivity contribution is 5.97. The highest BCUT2D eigenvalue weighted by atomic mass is 16.5. The zero-order chi connectivity index (χ0) is 46.1. The third-order valence-electron chi connectivity index (χ3n) is 10.0. The zero-order valence-electron chi connectivity index (χ0n) is 37.8. The van der Waals surface area contributed by atoms with Gasteiger partial charge in [-0.3, -0.25) is 33.6 Å². The third kappa shape index (κ3) is 18.5. The number of rotatable bonds is 13. The molecule has 1 heterocycles. The van der Waals surface area contributed by atoms with E-state index in [0.717, 1.165) is 6.42 Å². The van der Waals surface area contributed by atoms with Gasteiger partial charge in [0.2, 0.25) is 41.4 Å². The van der Waals surface area contributed by atoms with E-state index in [-0.39, 0.29) is 55.6 Å². The van der Waals surface area contributed by atoms with Crippen LogP contribution >= 0.6 is 0 Å². The molecule has 17 nitrogen and oxygen atoms in total. The van der Waals surface area contributed by atoms with Crippen molar-refractivity contribution < 1.29 is 48.2 Å². The van der Waals surface area contributed by atoms with E-state index in [4.69, 9.17) is 4.74 Å². The van der Waals surface area contributed by atoms with Gasteiger partial charge in [-0.2, -0.15) is 0 Å². The normalized spacial score (nSPS) is 25.7. The molecule has 0 saturated carbocycles. The van der Waals surface area contributed by atoms with Gasteiger partial charge in [0.15, 0.2) is 0 Å². The van der Waals surface area contributed by atoms with Crippen molar-refractivity contribution in [3.05, 3.63) is 29.8 Å². The summed E-state index contributed by atoms with van der Waals surface area (Å²) in [6, 6.07) is -2.71. The Morgan fingerprint density at radius 1 is 0.590 bits per heavy atom. The lowest BCUT2D eigenvalue weighted by Gasteiger charge is -2.30. The second-order valence-electron chi connectivity index (χ2n) is 17.9. The van der Waals surface area contributed by atoms with Crippen molar-refractivity contribution in [1.29, 1.82) is 0 Å². The molecule has 1 saturated heterocycles. The molecule has 17 heteroatoms. The lowest BCUT2D eigenvalue weighted by atomic mass is 9.98. The molecule has 0 spiro atoms. The first-order valence-electron chi connectivity index (χ1n) is 21.6. The molecular weight excluding hydrogens is 787 g/mol. The molecule has 0 bridgehead atoms. The first-order valence-corrected chi connectivity index (χ1v) is 21.6. The predicted octanol–water partition coefficient (Wildman–Crippen LogP) is 2.28. The van der Waals surface area contributed by atoms with Crippen LogP contribution in [0.1, 0.15) is 120 Å². The largest absolute Gasteiger partial charge is 0.508 e. The monoisotopic (exact) mass is 858 g/mol. The average molecular weight is 858 g/mol. The van der Waals surface area contributed by atoms with E-state index in [1.807, 2.05) is 55.4 Å². The van der Waals surface area contributed by atoms with Gasteiger partial charge in [0.25, 0.3) is 0 Å². The van der Waals surface area contributed by atoms with Crippen LogP contribution in [0.5, 0.6) is 5.75 Å². The number of amides is 7. The highest BCUT2D eigenvalue weighted by Crippen LogP contribution is 2.15. The fourth-order valence-corrected chi connectivity index (χ4v) is 6.71. The molecule has 8 N–H and O–H groups in total. The quantitative estimate of drug-likeness (QED) is 0.135. The van der Waals surface area contributed by atoms with Gasteiger partial charge in [0.1, 0.15) is 54.1 Å². The zero-order valence-corrected chi connectivity index (χ0v) is 37.8. The van der Waals surface area contributed by atoms with Crippen LogP contribution in [-0.2, 0) is 49.5 Å². The molecule has 1 aromatic carbocycles. The third-order valence-corrected chi connectivity index (χ3v) is 10.0. The van der Waals surface area contributed by atoms with E-state index < -0.39 is 95.7 Å². The van der Waals surface area contributed by atoms with E-state index in [9.17, 15) is 43.5 Å². The van der Waals surface area contributed by atoms with Crippen molar-refractivity contribution in [3.63, 3.8) is 0 Å². The molecule has 7 amide bonds. The van der Waals surface area contributed by atoms with Crippen LogP contribution in [-0.4, -0.2) is 101 Å². The Morgan fingerprint density at radius 3 is 1.48 bits per heavy atom. The highest BCUT2D eigenvalue weighted by Gasteiger charge is 2.36. The maximum absolute atomic E-state index is 14.1. The summed E-state index contributed by atoms with van der Waals surface area (Å²) in [4.78, 5) is 110. The molecule has 1 aliphatic rings. The Balaban J connectivity index is 2.67. The number of hydrogen-bond donors (Lipinski definition) is 8. The number of cyclic esters (lactones) is 1. The van der Waals surface area contributed by atoms with Gasteiger partial charge in [-0.05, 0) is 87.8 Å². The topological polar surface area (TPSA) is 250 Å². The average Bonchev–Trinajstić information content (AvgIpc) is 3.15. The molecule has 1 unspecified atom stereocenters. The molecule has 0 aromatic heterocycles. The molecule has 342 valence electrons. The summed E-state index contributed by atoms with van der Waals surface area (Å²) in [7, 11) is 0. The summed E-state index contributed by atoms with van der Waals surface area (Å²) >= 11 is 0. The van der Waals surface area contributed by atoms with Crippen LogP contribution in [0.25, 0.3) is 0 Å². The van der Waals surface area contributed by atoms with Gasteiger partial charge in [-0.15, -0.1) is 0 Å². The van der Waals surface area contributed by atoms with E-state index in [2.05, 4.69) is 37.2 Å². The summed E-state index contributed by atoms with van der Waals surface area (Å²) < 4.78 is 5.63. The van der Waals surface area contributed by atoms with E-state index in [0.29, 0.717) is 17.9 Å². The van der Waals surface area contributed by atoms with Gasteiger partial charge >= 0.3 is 5.97 Å². The molecule has 0 radical (unpaired) electrons. The maximum Gasteiger partial charge on any atom is 0.328 e. The number of hydrogen-bond acceptors (Lipinski definition) is 10. The Bertz CT molecular complexity index is 1670. The van der Waals surface area contributed by atoms with E-state index >= 15 is 0 Å². The van der Waals surface area contributed by atoms with Crippen molar-refractivity contribution in [3.8, 4) is 5.75 Å². The summed E-state index contributed by atoms with van der Waals surface area (Å²) in [5.41, 5.74) is 0.556. The molecule has 0 aliphatic carbocycles. The number of benzene rings is 1. The van der Waals surface area contributed by atoms with Crippen molar-refractivity contribution in [2.75, 3.05) is 0 Å². The van der Waals surface area contributed by atoms with Crippen LogP contribution < -0.4 is 37.2 Å². The minimum absolute atomic E-state index is 0.0168. The lowest BCUT2D eigenvalue weighted by Crippen LogP contribution is -2.61. The van der Waals surface area contributed by atoms with Crippen molar-refractivity contribution in [1.82, 2.24) is 37.2 Å². The Labute approximate surface area is 360 Å². The van der Waals surface area contributed by atoms with Crippen LogP contribution in [0.15, 0.2) is 24.3 Å². The number of carbonyl (C=O) groups is 8. The van der Waals surface area contributed by atoms with Gasteiger partial charge in [0, 0.05) is 12.8 Å². The van der Waals surface area contributed by atoms with Gasteiger partial charge in [-0.25, -0.2) is 4.79 Å². The van der Waals surface area contributed by atoms with Gasteiger partial charge in [-0.1, -0.05) is 73.9 Å². The fourth-order valence-electron chi connectivity index (χ4n) is 6.71. The summed E-state index contributed by atoms with van der Waals surface area (Å²) in [6.45, 7) is 19.3.